The van der Waals surface area contributed by atoms with Crippen LogP contribution < -0.4 is 10.6 Å². The summed E-state index contributed by atoms with van der Waals surface area (Å²) in [5.41, 5.74) is 7.62. The van der Waals surface area contributed by atoms with Gasteiger partial charge in [-0.25, -0.2) is 0 Å². The Balaban J connectivity index is 2.88. The summed E-state index contributed by atoms with van der Waals surface area (Å²) in [6.07, 6.45) is 0. The minimum Gasteiger partial charge on any atom is -0.389 e. The molecule has 0 aliphatic carbocycles. The fourth-order valence-corrected chi connectivity index (χ4v) is 1.30. The first-order valence-electron chi connectivity index (χ1n) is 4.65. The largest absolute Gasteiger partial charge is 0.389 e. The van der Waals surface area contributed by atoms with Crippen LogP contribution in [0.2, 0.25) is 0 Å². The van der Waals surface area contributed by atoms with Gasteiger partial charge in [0.2, 0.25) is 0 Å². The van der Waals surface area contributed by atoms with Gasteiger partial charge >= 0.3 is 0 Å². The van der Waals surface area contributed by atoms with Crippen molar-refractivity contribution in [1.82, 2.24) is 0 Å². The normalized spacial score (nSPS) is 10.3. The Kier molecular flexibility index (Phi) is 3.47. The molecule has 0 saturated heterocycles. The highest BCUT2D eigenvalue weighted by Crippen LogP contribution is 2.15. The van der Waals surface area contributed by atoms with Gasteiger partial charge in [0.25, 0.3) is 0 Å². The molecule has 0 heterocycles. The van der Waals surface area contributed by atoms with Crippen LogP contribution in [0.5, 0.6) is 0 Å². The number of anilines is 1. The molecule has 0 aliphatic heterocycles. The Morgan fingerprint density at radius 1 is 1.29 bits per heavy atom. The van der Waals surface area contributed by atoms with Crippen LogP contribution in [0.1, 0.15) is 19.4 Å². The second kappa shape index (κ2) is 4.42. The molecular weight excluding hydrogens is 192 g/mol. The molecule has 0 atom stereocenters. The summed E-state index contributed by atoms with van der Waals surface area (Å²) in [6, 6.07) is 8.47. The first-order valence-corrected chi connectivity index (χ1v) is 5.06. The smallest absolute Gasteiger partial charge is 0.103 e. The number of hydrogen-bond donors (Lipinski definition) is 1. The summed E-state index contributed by atoms with van der Waals surface area (Å²) in [5, 5.41) is 0. The summed E-state index contributed by atoms with van der Waals surface area (Å²) in [4.78, 5) is 2.65. The molecule has 1 aromatic carbocycles. The second-order valence-corrected chi connectivity index (χ2v) is 4.06. The van der Waals surface area contributed by atoms with Crippen molar-refractivity contribution >= 4 is 22.9 Å². The van der Waals surface area contributed by atoms with Crippen molar-refractivity contribution in [3.63, 3.8) is 0 Å². The molecule has 2 nitrogen and oxygen atoms in total. The summed E-state index contributed by atoms with van der Waals surface area (Å²) >= 11 is 4.89. The zero-order valence-electron chi connectivity index (χ0n) is 8.82. The van der Waals surface area contributed by atoms with E-state index in [4.69, 9.17) is 18.0 Å². The van der Waals surface area contributed by atoms with E-state index in [0.29, 0.717) is 11.0 Å². The van der Waals surface area contributed by atoms with E-state index < -0.39 is 0 Å². The van der Waals surface area contributed by atoms with Crippen LogP contribution in [0.4, 0.5) is 5.69 Å². The fraction of sp³-hybridized carbons (Fsp3) is 0.364. The lowest BCUT2D eigenvalue weighted by molar-refractivity contribution is 0.755. The highest BCUT2D eigenvalue weighted by atomic mass is 32.1. The van der Waals surface area contributed by atoms with Crippen molar-refractivity contribution < 1.29 is 0 Å². The van der Waals surface area contributed by atoms with Crippen LogP contribution in [-0.2, 0) is 0 Å². The number of rotatable bonds is 3. The minimum atomic E-state index is 0.448. The molecule has 2 N–H and O–H groups in total. The van der Waals surface area contributed by atoms with Crippen LogP contribution in [-0.4, -0.2) is 18.1 Å². The van der Waals surface area contributed by atoms with E-state index >= 15 is 0 Å². The molecule has 14 heavy (non-hydrogen) atoms. The molecule has 0 radical (unpaired) electrons. The standard InChI is InChI=1S/C11H16N2S/c1-8(2)13(3)10-6-4-9(5-7-10)11(12)14/h4-8H,1-3H3,(H2,12,14). The molecule has 0 aliphatic rings. The molecular formula is C11H16N2S. The average molecular weight is 208 g/mol. The van der Waals surface area contributed by atoms with Gasteiger partial charge in [0.05, 0.1) is 0 Å². The molecule has 3 heteroatoms. The number of thiocarbonyl (C=S) groups is 1. The zero-order valence-corrected chi connectivity index (χ0v) is 9.64. The van der Waals surface area contributed by atoms with Crippen molar-refractivity contribution in [1.29, 1.82) is 0 Å². The lowest BCUT2D eigenvalue weighted by Gasteiger charge is -2.23. The summed E-state index contributed by atoms with van der Waals surface area (Å²) in [7, 11) is 2.07. The predicted octanol–water partition coefficient (Wildman–Crippen LogP) is 2.17. The lowest BCUT2D eigenvalue weighted by Crippen LogP contribution is -2.25. The lowest BCUT2D eigenvalue weighted by atomic mass is 10.2. The van der Waals surface area contributed by atoms with Gasteiger partial charge in [-0.2, -0.15) is 0 Å². The maximum Gasteiger partial charge on any atom is 0.103 e. The van der Waals surface area contributed by atoms with E-state index in [9.17, 15) is 0 Å². The summed E-state index contributed by atoms with van der Waals surface area (Å²) in [6.45, 7) is 4.31. The quantitative estimate of drug-likeness (QED) is 0.772. The van der Waals surface area contributed by atoms with Crippen molar-refractivity contribution in [2.75, 3.05) is 11.9 Å². The van der Waals surface area contributed by atoms with Gasteiger partial charge in [-0.3, -0.25) is 0 Å². The van der Waals surface area contributed by atoms with Crippen LogP contribution in [0.3, 0.4) is 0 Å². The van der Waals surface area contributed by atoms with Gasteiger partial charge in [-0.05, 0) is 38.1 Å². The van der Waals surface area contributed by atoms with Gasteiger partial charge in [-0.1, -0.05) is 12.2 Å². The Labute approximate surface area is 90.7 Å². The molecule has 0 fully saturated rings. The third kappa shape index (κ3) is 2.45. The molecule has 76 valence electrons. The number of nitrogens with two attached hydrogens (primary N) is 1. The second-order valence-electron chi connectivity index (χ2n) is 3.62. The van der Waals surface area contributed by atoms with Gasteiger partial charge in [0, 0.05) is 24.3 Å². The summed E-state index contributed by atoms with van der Waals surface area (Å²) in [5.74, 6) is 0. The van der Waals surface area contributed by atoms with E-state index in [0.717, 1.165) is 5.56 Å². The monoisotopic (exact) mass is 208 g/mol. The van der Waals surface area contributed by atoms with Crippen LogP contribution in [0, 0.1) is 0 Å². The van der Waals surface area contributed by atoms with Gasteiger partial charge in [-0.15, -0.1) is 0 Å². The van der Waals surface area contributed by atoms with E-state index in [2.05, 4.69) is 25.8 Å². The Hall–Kier alpha value is -1.09. The van der Waals surface area contributed by atoms with Crippen LogP contribution >= 0.6 is 12.2 Å². The van der Waals surface area contributed by atoms with E-state index in [1.807, 2.05) is 24.3 Å². The van der Waals surface area contributed by atoms with Crippen molar-refractivity contribution in [3.05, 3.63) is 29.8 Å². The maximum atomic E-state index is 5.52. The third-order valence-corrected chi connectivity index (χ3v) is 2.57. The molecule has 0 saturated carbocycles. The molecule has 0 bridgehead atoms. The summed E-state index contributed by atoms with van der Waals surface area (Å²) < 4.78 is 0. The predicted molar refractivity (Wildman–Crippen MR) is 65.9 cm³/mol. The first-order chi connectivity index (χ1) is 6.52. The van der Waals surface area contributed by atoms with Gasteiger partial charge in [0.15, 0.2) is 0 Å². The van der Waals surface area contributed by atoms with Gasteiger partial charge < -0.3 is 10.6 Å². The van der Waals surface area contributed by atoms with Gasteiger partial charge in [0.1, 0.15) is 4.99 Å². The first kappa shape index (κ1) is 11.0. The number of nitrogens with zero attached hydrogens (tertiary/aromatic N) is 1. The molecule has 0 aromatic heterocycles. The molecule has 0 unspecified atom stereocenters. The van der Waals surface area contributed by atoms with Crippen molar-refractivity contribution in [2.45, 2.75) is 19.9 Å². The highest BCUT2D eigenvalue weighted by Gasteiger charge is 2.04. The van der Waals surface area contributed by atoms with Crippen molar-refractivity contribution in [3.8, 4) is 0 Å². The van der Waals surface area contributed by atoms with Crippen molar-refractivity contribution in [2.24, 2.45) is 5.73 Å². The number of benzene rings is 1. The topological polar surface area (TPSA) is 29.3 Å². The molecule has 1 aromatic rings. The Morgan fingerprint density at radius 3 is 2.14 bits per heavy atom. The maximum absolute atomic E-state index is 5.52. The average Bonchev–Trinajstić information content (AvgIpc) is 2.16. The van der Waals surface area contributed by atoms with E-state index in [1.165, 1.54) is 5.69 Å². The molecule has 1 rings (SSSR count). The Morgan fingerprint density at radius 2 is 1.79 bits per heavy atom. The molecule has 0 amide bonds. The SMILES string of the molecule is CC(C)N(C)c1ccc(C(N)=S)cc1. The highest BCUT2D eigenvalue weighted by molar-refractivity contribution is 7.80. The third-order valence-electron chi connectivity index (χ3n) is 2.33. The van der Waals surface area contributed by atoms with Crippen LogP contribution in [0.15, 0.2) is 24.3 Å². The number of hydrogen-bond acceptors (Lipinski definition) is 2. The fourth-order valence-electron chi connectivity index (χ4n) is 1.16. The molecule has 0 spiro atoms. The minimum absolute atomic E-state index is 0.448. The van der Waals surface area contributed by atoms with E-state index in [1.54, 1.807) is 0 Å². The van der Waals surface area contributed by atoms with Crippen LogP contribution in [0.25, 0.3) is 0 Å². The zero-order chi connectivity index (χ0) is 10.7. The Bertz CT molecular complexity index is 317. The van der Waals surface area contributed by atoms with E-state index in [-0.39, 0.29) is 0 Å².